The molecule has 1 saturated heterocycles. The minimum Gasteiger partial charge on any atom is -0.478 e. The number of imide groups is 1. The van der Waals surface area contributed by atoms with E-state index in [1.807, 2.05) is 0 Å². The van der Waals surface area contributed by atoms with Crippen LogP contribution in [-0.2, 0) is 52.7 Å². The molecule has 2 aromatic carbocycles. The van der Waals surface area contributed by atoms with Crippen LogP contribution in [0.3, 0.4) is 0 Å². The zero-order chi connectivity index (χ0) is 34.0. The first kappa shape index (κ1) is 35.9. The molecule has 2 aromatic rings. The summed E-state index contributed by atoms with van der Waals surface area (Å²) in [7, 11) is -12.1. The van der Waals surface area contributed by atoms with E-state index in [1.165, 1.54) is 38.1 Å². The van der Waals surface area contributed by atoms with Crippen molar-refractivity contribution in [1.82, 2.24) is 8.61 Å². The average Bonchev–Trinajstić information content (AvgIpc) is 3.24. The predicted octanol–water partition coefficient (Wildman–Crippen LogP) is 3.41. The summed E-state index contributed by atoms with van der Waals surface area (Å²) >= 11 is 0. The Morgan fingerprint density at radius 2 is 1.20 bits per heavy atom. The summed E-state index contributed by atoms with van der Waals surface area (Å²) in [6.45, 7) is 5.18. The molecule has 15 nitrogen and oxygen atoms in total. The van der Waals surface area contributed by atoms with Gasteiger partial charge in [0.05, 0.1) is 44.3 Å². The molecule has 1 aliphatic heterocycles. The number of nitrogens with zero attached hydrogens (tertiary/aromatic N) is 2. The van der Waals surface area contributed by atoms with E-state index in [9.17, 15) is 36.3 Å². The first-order chi connectivity index (χ1) is 21.1. The third-order valence-corrected chi connectivity index (χ3v) is 12.6. The van der Waals surface area contributed by atoms with Gasteiger partial charge in [-0.25, -0.2) is 26.4 Å². The number of hydrogen-bond donors (Lipinski definition) is 1. The van der Waals surface area contributed by atoms with Gasteiger partial charge in [0.1, 0.15) is 0 Å². The summed E-state index contributed by atoms with van der Waals surface area (Å²) in [5, 5.41) is 10.2. The number of sulfonamides is 2. The predicted molar refractivity (Wildman–Crippen MR) is 159 cm³/mol. The topological polar surface area (TPSA) is 192 Å². The van der Waals surface area contributed by atoms with Crippen LogP contribution < -0.4 is 0 Å². The molecule has 1 fully saturated rings. The van der Waals surface area contributed by atoms with Gasteiger partial charge in [-0.2, -0.15) is 17.9 Å². The van der Waals surface area contributed by atoms with Gasteiger partial charge in [-0.05, 0) is 52.0 Å². The number of esters is 1. The van der Waals surface area contributed by atoms with E-state index in [1.54, 1.807) is 13.8 Å². The van der Waals surface area contributed by atoms with Crippen molar-refractivity contribution in [3.8, 4) is 0 Å². The van der Waals surface area contributed by atoms with Gasteiger partial charge in [0, 0.05) is 0 Å². The molecule has 3 rings (SSSR count). The maximum atomic E-state index is 14.7. The third-order valence-electron chi connectivity index (χ3n) is 6.66. The van der Waals surface area contributed by atoms with E-state index >= 15 is 0 Å². The minimum absolute atomic E-state index is 0.271. The molecule has 3 amide bonds. The van der Waals surface area contributed by atoms with Crippen LogP contribution >= 0.6 is 7.94 Å². The van der Waals surface area contributed by atoms with Gasteiger partial charge in [0.25, 0.3) is 31.3 Å². The highest BCUT2D eigenvalue weighted by Gasteiger charge is 2.81. The summed E-state index contributed by atoms with van der Waals surface area (Å²) in [6, 6.07) is 7.82. The molecule has 0 spiro atoms. The van der Waals surface area contributed by atoms with Crippen LogP contribution in [0.4, 0.5) is 4.79 Å². The van der Waals surface area contributed by atoms with Crippen molar-refractivity contribution < 1.29 is 59.4 Å². The fourth-order valence-electron chi connectivity index (χ4n) is 4.55. The van der Waals surface area contributed by atoms with Gasteiger partial charge in [-0.1, -0.05) is 35.4 Å². The second-order valence-electron chi connectivity index (χ2n) is 9.32. The molecule has 1 unspecified atom stereocenters. The number of aryl methyl sites for hydroxylation is 2. The molecule has 1 aliphatic rings. The molecule has 0 radical (unpaired) electrons. The zero-order valence-electron chi connectivity index (χ0n) is 25.5. The number of benzene rings is 2. The van der Waals surface area contributed by atoms with E-state index in [2.05, 4.69) is 0 Å². The lowest BCUT2D eigenvalue weighted by atomic mass is 9.99. The monoisotopic (exact) mass is 689 g/mol. The van der Waals surface area contributed by atoms with Crippen molar-refractivity contribution in [1.29, 1.82) is 0 Å². The SMILES string of the molecule is CCOC(=O)C1(/C(=C(/O)OCC)[P+](OC)(OC)OC)C(=O)N(S(=O)(=O)c2ccc(C)cc2)C(=O)N1S(=O)(=O)c1ccc(C)cc1. The van der Waals surface area contributed by atoms with Crippen LogP contribution in [0.5, 0.6) is 0 Å². The number of hydrogen-bond acceptors (Lipinski definition) is 13. The quantitative estimate of drug-likeness (QED) is 0.106. The minimum atomic E-state index is -5.36. The normalized spacial score (nSPS) is 18.2. The molecule has 1 N–H and O–H groups in total. The second-order valence-corrected chi connectivity index (χ2v) is 15.4. The lowest BCUT2D eigenvalue weighted by molar-refractivity contribution is -0.155. The van der Waals surface area contributed by atoms with Gasteiger partial charge in [-0.3, -0.25) is 4.79 Å². The van der Waals surface area contributed by atoms with Crippen molar-refractivity contribution in [3.05, 3.63) is 70.9 Å². The first-order valence-corrected chi connectivity index (χ1v) is 17.6. The number of aliphatic hydroxyl groups is 1. The highest BCUT2D eigenvalue weighted by atomic mass is 32.2. The average molecular weight is 690 g/mol. The fraction of sp³-hybridized carbons (Fsp3) is 0.370. The highest BCUT2D eigenvalue weighted by molar-refractivity contribution is 7.91. The number of amides is 3. The number of carbonyl (C=O) groups is 3. The Morgan fingerprint density at radius 3 is 1.60 bits per heavy atom. The van der Waals surface area contributed by atoms with Crippen LogP contribution in [0, 0.1) is 13.8 Å². The molecule has 1 heterocycles. The second kappa shape index (κ2) is 13.4. The summed E-state index contributed by atoms with van der Waals surface area (Å²) in [4.78, 5) is 42.0. The summed E-state index contributed by atoms with van der Waals surface area (Å²) in [5.41, 5.74) is -2.43. The van der Waals surface area contributed by atoms with Crippen LogP contribution in [0.1, 0.15) is 25.0 Å². The molecular formula is C27H34N2O13PS2+. The molecule has 0 bridgehead atoms. The molecule has 0 saturated carbocycles. The summed E-state index contributed by atoms with van der Waals surface area (Å²) in [6.07, 6.45) is 0. The summed E-state index contributed by atoms with van der Waals surface area (Å²) < 4.78 is 82.8. The summed E-state index contributed by atoms with van der Waals surface area (Å²) in [5.74, 6) is -5.05. The number of carbonyl (C=O) groups excluding carboxylic acids is 3. The standard InChI is InChI=1S/C27H33N2O13PS2/c1-8-41-23(30)22(43(38-5,39-6)40-7)27(25(32)42-9-2)24(31)28(44(34,35)20-14-10-18(3)11-15-20)26(33)29(27)45(36,37)21-16-12-19(4)13-17-21/h10-17H,8-9H2,1-7H3/p+1/b23-22+. The molecule has 0 aromatic heterocycles. The van der Waals surface area contributed by atoms with Crippen LogP contribution in [0.15, 0.2) is 69.6 Å². The number of aliphatic hydroxyl groups excluding tert-OH is 1. The van der Waals surface area contributed by atoms with Crippen LogP contribution in [0.25, 0.3) is 0 Å². The highest BCUT2D eigenvalue weighted by Crippen LogP contribution is 2.72. The van der Waals surface area contributed by atoms with Crippen LogP contribution in [-0.4, -0.2) is 88.5 Å². The lowest BCUT2D eigenvalue weighted by Gasteiger charge is -2.34. The van der Waals surface area contributed by atoms with Crippen molar-refractivity contribution in [2.24, 2.45) is 0 Å². The molecule has 45 heavy (non-hydrogen) atoms. The van der Waals surface area contributed by atoms with Gasteiger partial charge in [0.15, 0.2) is 0 Å². The van der Waals surface area contributed by atoms with Crippen molar-refractivity contribution >= 4 is 45.9 Å². The number of rotatable bonds is 13. The van der Waals surface area contributed by atoms with Gasteiger partial charge < -0.3 is 14.6 Å². The Labute approximate surface area is 261 Å². The van der Waals surface area contributed by atoms with E-state index in [4.69, 9.17) is 23.0 Å². The van der Waals surface area contributed by atoms with Crippen molar-refractivity contribution in [2.45, 2.75) is 43.0 Å². The van der Waals surface area contributed by atoms with Crippen molar-refractivity contribution in [3.63, 3.8) is 0 Å². The molecule has 246 valence electrons. The molecule has 0 aliphatic carbocycles. The van der Waals surface area contributed by atoms with E-state index in [0.717, 1.165) is 45.6 Å². The van der Waals surface area contributed by atoms with Gasteiger partial charge in [0.2, 0.25) is 0 Å². The maximum absolute atomic E-state index is 14.7. The molecule has 1 atom stereocenters. The Kier molecular flexibility index (Phi) is 10.7. The van der Waals surface area contributed by atoms with Gasteiger partial charge >= 0.3 is 31.4 Å². The number of urea groups is 1. The fourth-order valence-corrected chi connectivity index (χ4v) is 9.55. The smallest absolute Gasteiger partial charge is 0.454 e. The Morgan fingerprint density at radius 1 is 0.778 bits per heavy atom. The van der Waals surface area contributed by atoms with E-state index < -0.39 is 79.1 Å². The zero-order valence-corrected chi connectivity index (χ0v) is 28.1. The Hall–Kier alpha value is -3.60. The Balaban J connectivity index is 2.64. The van der Waals surface area contributed by atoms with Crippen LogP contribution in [0.2, 0.25) is 0 Å². The van der Waals surface area contributed by atoms with E-state index in [0.29, 0.717) is 11.1 Å². The third kappa shape index (κ3) is 5.79. The van der Waals surface area contributed by atoms with Crippen molar-refractivity contribution in [2.75, 3.05) is 34.5 Å². The lowest BCUT2D eigenvalue weighted by Crippen LogP contribution is -2.60. The van der Waals surface area contributed by atoms with Gasteiger partial charge in [-0.15, -0.1) is 4.31 Å². The molecule has 18 heteroatoms. The number of ether oxygens (including phenoxy) is 2. The first-order valence-electron chi connectivity index (χ1n) is 13.2. The molecular weight excluding hydrogens is 655 g/mol. The van der Waals surface area contributed by atoms with E-state index in [-0.39, 0.29) is 15.2 Å². The largest absolute Gasteiger partial charge is 0.478 e. The Bertz CT molecular complexity index is 1700. The maximum Gasteiger partial charge on any atom is 0.454 e.